The maximum Gasteiger partial charge on any atom is 0.124 e. The van der Waals surface area contributed by atoms with Gasteiger partial charge in [0.2, 0.25) is 0 Å². The highest BCUT2D eigenvalue weighted by atomic mass is 16.5. The van der Waals surface area contributed by atoms with Crippen molar-refractivity contribution in [2.75, 3.05) is 20.3 Å². The van der Waals surface area contributed by atoms with Crippen LogP contribution in [0.2, 0.25) is 0 Å². The molecule has 106 valence electrons. The molecule has 0 aromatic heterocycles. The lowest BCUT2D eigenvalue weighted by Crippen LogP contribution is -2.28. The van der Waals surface area contributed by atoms with E-state index in [9.17, 15) is 0 Å². The summed E-state index contributed by atoms with van der Waals surface area (Å²) in [6.45, 7) is 6.41. The van der Waals surface area contributed by atoms with Gasteiger partial charge in [-0.15, -0.1) is 0 Å². The Balaban J connectivity index is 1.96. The number of hydrogen-bond donors (Lipinski definition) is 1. The van der Waals surface area contributed by atoms with Gasteiger partial charge in [0.25, 0.3) is 0 Å². The topological polar surface area (TPSA) is 30.5 Å². The quantitative estimate of drug-likeness (QED) is 0.796. The zero-order chi connectivity index (χ0) is 13.7. The van der Waals surface area contributed by atoms with E-state index in [1.807, 2.05) is 12.1 Å². The van der Waals surface area contributed by atoms with Crippen molar-refractivity contribution in [3.05, 3.63) is 23.8 Å². The fraction of sp³-hybridized carbons (Fsp3) is 0.625. The predicted molar refractivity (Wildman–Crippen MR) is 77.9 cm³/mol. The lowest BCUT2D eigenvalue weighted by atomic mass is 9.99. The smallest absolute Gasteiger partial charge is 0.124 e. The van der Waals surface area contributed by atoms with Gasteiger partial charge in [0.05, 0.1) is 13.7 Å². The van der Waals surface area contributed by atoms with Crippen molar-refractivity contribution in [3.63, 3.8) is 0 Å². The molecule has 0 aliphatic carbocycles. The molecule has 19 heavy (non-hydrogen) atoms. The Labute approximate surface area is 116 Å². The zero-order valence-electron chi connectivity index (χ0n) is 12.2. The van der Waals surface area contributed by atoms with Gasteiger partial charge in [-0.05, 0) is 43.5 Å². The first-order chi connectivity index (χ1) is 9.20. The van der Waals surface area contributed by atoms with E-state index >= 15 is 0 Å². The number of fused-ring (bicyclic) bond motifs is 1. The highest BCUT2D eigenvalue weighted by molar-refractivity contribution is 5.43. The number of ether oxygens (including phenoxy) is 2. The van der Waals surface area contributed by atoms with Gasteiger partial charge < -0.3 is 14.8 Å². The van der Waals surface area contributed by atoms with Crippen LogP contribution >= 0.6 is 0 Å². The fourth-order valence-corrected chi connectivity index (χ4v) is 2.50. The number of rotatable bonds is 6. The highest BCUT2D eigenvalue weighted by Crippen LogP contribution is 2.34. The normalized spacial score (nSPS) is 18.0. The third-order valence-corrected chi connectivity index (χ3v) is 3.61. The average Bonchev–Trinajstić information content (AvgIpc) is 2.43. The minimum atomic E-state index is 0.394. The van der Waals surface area contributed by atoms with Crippen LogP contribution in [0, 0.1) is 5.92 Å². The van der Waals surface area contributed by atoms with Crippen molar-refractivity contribution in [1.29, 1.82) is 0 Å². The Bertz CT molecular complexity index is 404. The van der Waals surface area contributed by atoms with Crippen molar-refractivity contribution in [1.82, 2.24) is 5.32 Å². The van der Waals surface area contributed by atoms with Crippen LogP contribution in [-0.4, -0.2) is 20.3 Å². The molecule has 0 radical (unpaired) electrons. The third kappa shape index (κ3) is 3.87. The van der Waals surface area contributed by atoms with Crippen molar-refractivity contribution in [2.45, 2.75) is 39.2 Å². The summed E-state index contributed by atoms with van der Waals surface area (Å²) in [6, 6.07) is 6.45. The lowest BCUT2D eigenvalue weighted by molar-refractivity contribution is 0.251. The molecule has 3 heteroatoms. The fourth-order valence-electron chi connectivity index (χ4n) is 2.50. The Hall–Kier alpha value is -1.22. The molecule has 0 spiro atoms. The van der Waals surface area contributed by atoms with Crippen molar-refractivity contribution < 1.29 is 9.47 Å². The van der Waals surface area contributed by atoms with E-state index in [4.69, 9.17) is 9.47 Å². The summed E-state index contributed by atoms with van der Waals surface area (Å²) in [4.78, 5) is 0. The Morgan fingerprint density at radius 2 is 2.26 bits per heavy atom. The number of hydrogen-bond acceptors (Lipinski definition) is 3. The molecule has 0 saturated carbocycles. The molecule has 1 aliphatic rings. The lowest BCUT2D eigenvalue weighted by Gasteiger charge is -2.27. The van der Waals surface area contributed by atoms with Gasteiger partial charge in [0.1, 0.15) is 11.5 Å². The minimum absolute atomic E-state index is 0.394. The summed E-state index contributed by atoms with van der Waals surface area (Å²) in [5.74, 6) is 2.68. The Kier molecular flexibility index (Phi) is 5.08. The van der Waals surface area contributed by atoms with Gasteiger partial charge in [0.15, 0.2) is 0 Å². The Morgan fingerprint density at radius 1 is 1.42 bits per heavy atom. The number of benzene rings is 1. The van der Waals surface area contributed by atoms with E-state index in [-0.39, 0.29) is 0 Å². The van der Waals surface area contributed by atoms with Crippen molar-refractivity contribution in [2.24, 2.45) is 5.92 Å². The highest BCUT2D eigenvalue weighted by Gasteiger charge is 2.21. The molecule has 1 N–H and O–H groups in total. The predicted octanol–water partition coefficient (Wildman–Crippen LogP) is 3.54. The van der Waals surface area contributed by atoms with E-state index in [0.717, 1.165) is 37.0 Å². The molecule has 1 atom stereocenters. The first-order valence-corrected chi connectivity index (χ1v) is 7.25. The molecule has 1 heterocycles. The number of methoxy groups -OCH3 is 1. The SMILES string of the molecule is COc1ccc2c(c1)C(NCCCC(C)C)CCO2. The molecule has 1 unspecified atom stereocenters. The standard InChI is InChI=1S/C16H25NO2/c1-12(2)5-4-9-17-15-8-10-19-16-7-6-13(18-3)11-14(15)16/h6-7,11-12,15,17H,4-5,8-10H2,1-3H3. The molecule has 0 fully saturated rings. The van der Waals surface area contributed by atoms with Crippen LogP contribution < -0.4 is 14.8 Å². The van der Waals surface area contributed by atoms with Gasteiger partial charge in [-0.1, -0.05) is 13.8 Å². The summed E-state index contributed by atoms with van der Waals surface area (Å²) >= 11 is 0. The second-order valence-electron chi connectivity index (χ2n) is 5.58. The summed E-state index contributed by atoms with van der Waals surface area (Å²) in [6.07, 6.45) is 3.54. The molecular formula is C16H25NO2. The van der Waals surface area contributed by atoms with E-state index in [1.165, 1.54) is 18.4 Å². The molecule has 0 saturated heterocycles. The second-order valence-corrected chi connectivity index (χ2v) is 5.58. The van der Waals surface area contributed by atoms with Crippen LogP contribution in [0.5, 0.6) is 11.5 Å². The maximum atomic E-state index is 5.70. The van der Waals surface area contributed by atoms with Crippen molar-refractivity contribution in [3.8, 4) is 11.5 Å². The van der Waals surface area contributed by atoms with E-state index < -0.39 is 0 Å². The zero-order valence-corrected chi connectivity index (χ0v) is 12.2. The molecule has 1 aliphatic heterocycles. The molecule has 0 amide bonds. The van der Waals surface area contributed by atoms with Gasteiger partial charge in [-0.2, -0.15) is 0 Å². The average molecular weight is 263 g/mol. The minimum Gasteiger partial charge on any atom is -0.497 e. The molecule has 2 rings (SSSR count). The molecule has 1 aromatic rings. The molecular weight excluding hydrogens is 238 g/mol. The van der Waals surface area contributed by atoms with Gasteiger partial charge in [-0.3, -0.25) is 0 Å². The van der Waals surface area contributed by atoms with E-state index in [0.29, 0.717) is 6.04 Å². The van der Waals surface area contributed by atoms with Gasteiger partial charge in [-0.25, -0.2) is 0 Å². The van der Waals surface area contributed by atoms with Crippen LogP contribution in [0.25, 0.3) is 0 Å². The van der Waals surface area contributed by atoms with Crippen LogP contribution in [0.1, 0.15) is 44.7 Å². The van der Waals surface area contributed by atoms with E-state index in [1.54, 1.807) is 7.11 Å². The van der Waals surface area contributed by atoms with Crippen LogP contribution in [0.15, 0.2) is 18.2 Å². The third-order valence-electron chi connectivity index (χ3n) is 3.61. The largest absolute Gasteiger partial charge is 0.497 e. The van der Waals surface area contributed by atoms with Gasteiger partial charge in [0, 0.05) is 18.0 Å². The summed E-state index contributed by atoms with van der Waals surface area (Å²) in [5.41, 5.74) is 1.23. The second kappa shape index (κ2) is 6.80. The Morgan fingerprint density at radius 3 is 3.00 bits per heavy atom. The monoisotopic (exact) mass is 263 g/mol. The van der Waals surface area contributed by atoms with Crippen LogP contribution in [0.4, 0.5) is 0 Å². The van der Waals surface area contributed by atoms with Gasteiger partial charge >= 0.3 is 0 Å². The summed E-state index contributed by atoms with van der Waals surface area (Å²) in [5, 5.41) is 3.65. The summed E-state index contributed by atoms with van der Waals surface area (Å²) < 4.78 is 11.0. The first-order valence-electron chi connectivity index (χ1n) is 7.25. The van der Waals surface area contributed by atoms with E-state index in [2.05, 4.69) is 25.2 Å². The molecule has 1 aromatic carbocycles. The van der Waals surface area contributed by atoms with Crippen LogP contribution in [0.3, 0.4) is 0 Å². The summed E-state index contributed by atoms with van der Waals surface area (Å²) in [7, 11) is 1.70. The molecule has 0 bridgehead atoms. The van der Waals surface area contributed by atoms with Crippen LogP contribution in [-0.2, 0) is 0 Å². The number of nitrogens with one attached hydrogen (secondary N) is 1. The first kappa shape index (κ1) is 14.2. The molecule has 3 nitrogen and oxygen atoms in total. The van der Waals surface area contributed by atoms with Crippen molar-refractivity contribution >= 4 is 0 Å². The maximum absolute atomic E-state index is 5.70.